The summed E-state index contributed by atoms with van der Waals surface area (Å²) < 4.78 is 0. The van der Waals surface area contributed by atoms with Gasteiger partial charge in [0.05, 0.1) is 0 Å². The van der Waals surface area contributed by atoms with Gasteiger partial charge in [0.2, 0.25) is 5.91 Å². The average Bonchev–Trinajstić information content (AvgIpc) is 3.31. The van der Waals surface area contributed by atoms with Crippen molar-refractivity contribution in [3.05, 3.63) is 0 Å². The molecule has 0 aromatic carbocycles. The molecule has 2 fully saturated rings. The van der Waals surface area contributed by atoms with Crippen LogP contribution in [0.25, 0.3) is 0 Å². The summed E-state index contributed by atoms with van der Waals surface area (Å²) in [7, 11) is 1.84. The Morgan fingerprint density at radius 2 is 1.77 bits per heavy atom. The van der Waals surface area contributed by atoms with Crippen molar-refractivity contribution in [3.8, 4) is 0 Å². The molecule has 1 amide bonds. The number of hydrogen-bond donors (Lipinski definition) is 2. The molecular weight excluding hydrogens is 503 g/mol. The lowest BCUT2D eigenvalue weighted by Crippen LogP contribution is -2.52. The molecule has 1 unspecified atom stereocenters. The second-order valence-corrected chi connectivity index (χ2v) is 8.86. The van der Waals surface area contributed by atoms with E-state index in [2.05, 4.69) is 51.1 Å². The number of nitrogens with zero attached hydrogens (tertiary/aromatic N) is 4. The van der Waals surface area contributed by atoms with Crippen molar-refractivity contribution >= 4 is 35.8 Å². The lowest BCUT2D eigenvalue weighted by atomic mass is 10.1. The normalized spacial score (nSPS) is 19.4. The highest BCUT2D eigenvalue weighted by molar-refractivity contribution is 14.0. The Kier molecular flexibility index (Phi) is 14.7. The number of amides is 1. The van der Waals surface area contributed by atoms with E-state index in [1.807, 2.05) is 7.05 Å². The zero-order valence-corrected chi connectivity index (χ0v) is 22.7. The van der Waals surface area contributed by atoms with Crippen LogP contribution in [-0.4, -0.2) is 98.6 Å². The molecular formula is C23H47IN6O. The summed E-state index contributed by atoms with van der Waals surface area (Å²) in [6.45, 7) is 15.7. The van der Waals surface area contributed by atoms with E-state index in [-0.39, 0.29) is 24.0 Å². The summed E-state index contributed by atoms with van der Waals surface area (Å²) in [5, 5.41) is 6.97. The summed E-state index contributed by atoms with van der Waals surface area (Å²) >= 11 is 0. The fourth-order valence-corrected chi connectivity index (χ4v) is 4.62. The van der Waals surface area contributed by atoms with Crippen LogP contribution in [0.15, 0.2) is 4.99 Å². The summed E-state index contributed by atoms with van der Waals surface area (Å²) in [5.41, 5.74) is 0. The fourth-order valence-electron chi connectivity index (χ4n) is 4.62. The highest BCUT2D eigenvalue weighted by Gasteiger charge is 2.29. The Bertz CT molecular complexity index is 514. The molecule has 1 heterocycles. The number of carbonyl (C=O) groups excluding carboxylic acids is 1. The largest absolute Gasteiger partial charge is 0.355 e. The molecule has 31 heavy (non-hydrogen) atoms. The molecule has 2 aliphatic rings. The standard InChI is InChI=1S/C23H46N6O.HI/c1-5-27(6-2)14-9-10-20(3)26-23(24-4)25-13-15-28-16-18-29(19-17-28)22(30)21-11-7-8-12-21;/h20-21H,5-19H2,1-4H3,(H2,24,25,26);1H. The second-order valence-electron chi connectivity index (χ2n) is 8.86. The van der Waals surface area contributed by atoms with E-state index < -0.39 is 0 Å². The van der Waals surface area contributed by atoms with Crippen molar-refractivity contribution in [2.24, 2.45) is 10.9 Å². The number of rotatable bonds is 11. The first-order valence-corrected chi connectivity index (χ1v) is 12.3. The van der Waals surface area contributed by atoms with Crippen LogP contribution in [-0.2, 0) is 4.79 Å². The van der Waals surface area contributed by atoms with Crippen LogP contribution in [0.5, 0.6) is 0 Å². The van der Waals surface area contributed by atoms with Gasteiger partial charge in [0.15, 0.2) is 5.96 Å². The lowest BCUT2D eigenvalue weighted by Gasteiger charge is -2.36. The third kappa shape index (κ3) is 10.2. The topological polar surface area (TPSA) is 63.2 Å². The molecule has 1 atom stereocenters. The number of halogens is 1. The highest BCUT2D eigenvalue weighted by atomic mass is 127. The highest BCUT2D eigenvalue weighted by Crippen LogP contribution is 2.26. The fraction of sp³-hybridized carbons (Fsp3) is 0.913. The predicted octanol–water partition coefficient (Wildman–Crippen LogP) is 2.61. The van der Waals surface area contributed by atoms with Crippen LogP contribution < -0.4 is 10.6 Å². The van der Waals surface area contributed by atoms with Gasteiger partial charge in [-0.25, -0.2) is 0 Å². The molecule has 0 spiro atoms. The van der Waals surface area contributed by atoms with Crippen molar-refractivity contribution in [2.75, 3.05) is 66.0 Å². The molecule has 0 bridgehead atoms. The van der Waals surface area contributed by atoms with Gasteiger partial charge >= 0.3 is 0 Å². The number of carbonyl (C=O) groups is 1. The van der Waals surface area contributed by atoms with Crippen LogP contribution in [0.2, 0.25) is 0 Å². The summed E-state index contributed by atoms with van der Waals surface area (Å²) in [6, 6.07) is 0.414. The molecule has 1 aliphatic carbocycles. The van der Waals surface area contributed by atoms with E-state index in [1.165, 1.54) is 25.8 Å². The van der Waals surface area contributed by atoms with Crippen LogP contribution in [0.1, 0.15) is 59.3 Å². The predicted molar refractivity (Wildman–Crippen MR) is 141 cm³/mol. The third-order valence-electron chi connectivity index (χ3n) is 6.72. The number of aliphatic imine (C=N–C) groups is 1. The molecule has 2 N–H and O–H groups in total. The maximum Gasteiger partial charge on any atom is 0.225 e. The molecule has 2 rings (SSSR count). The van der Waals surface area contributed by atoms with Gasteiger partial charge in [0.25, 0.3) is 0 Å². The SMILES string of the molecule is CCN(CC)CCCC(C)NC(=NC)NCCN1CCN(C(=O)C2CCCC2)CC1.I. The summed E-state index contributed by atoms with van der Waals surface area (Å²) in [6.07, 6.45) is 7.01. The Morgan fingerprint density at radius 3 is 2.35 bits per heavy atom. The van der Waals surface area contributed by atoms with Crippen molar-refractivity contribution in [3.63, 3.8) is 0 Å². The maximum atomic E-state index is 12.6. The minimum Gasteiger partial charge on any atom is -0.355 e. The molecule has 0 radical (unpaired) electrons. The Labute approximate surface area is 207 Å². The molecule has 7 nitrogen and oxygen atoms in total. The minimum atomic E-state index is 0. The van der Waals surface area contributed by atoms with Crippen molar-refractivity contribution in [1.82, 2.24) is 25.3 Å². The van der Waals surface area contributed by atoms with Gasteiger partial charge in [-0.1, -0.05) is 26.7 Å². The first-order valence-electron chi connectivity index (χ1n) is 12.3. The van der Waals surface area contributed by atoms with E-state index in [0.717, 1.165) is 77.6 Å². The number of hydrogen-bond acceptors (Lipinski definition) is 4. The third-order valence-corrected chi connectivity index (χ3v) is 6.72. The van der Waals surface area contributed by atoms with Crippen LogP contribution in [0.3, 0.4) is 0 Å². The molecule has 8 heteroatoms. The second kappa shape index (κ2) is 16.1. The van der Waals surface area contributed by atoms with E-state index >= 15 is 0 Å². The van der Waals surface area contributed by atoms with E-state index in [1.54, 1.807) is 0 Å². The molecule has 0 aromatic rings. The summed E-state index contributed by atoms with van der Waals surface area (Å²) in [5.74, 6) is 1.60. The Morgan fingerprint density at radius 1 is 1.13 bits per heavy atom. The average molecular weight is 551 g/mol. The summed E-state index contributed by atoms with van der Waals surface area (Å²) in [4.78, 5) is 24.0. The van der Waals surface area contributed by atoms with Crippen LogP contribution in [0.4, 0.5) is 0 Å². The van der Waals surface area contributed by atoms with Gasteiger partial charge in [-0.3, -0.25) is 14.7 Å². The van der Waals surface area contributed by atoms with E-state index in [9.17, 15) is 4.79 Å². The number of nitrogens with one attached hydrogen (secondary N) is 2. The van der Waals surface area contributed by atoms with Gasteiger partial charge in [0.1, 0.15) is 0 Å². The maximum absolute atomic E-state index is 12.6. The van der Waals surface area contributed by atoms with Crippen molar-refractivity contribution in [1.29, 1.82) is 0 Å². The monoisotopic (exact) mass is 550 g/mol. The lowest BCUT2D eigenvalue weighted by molar-refractivity contribution is -0.137. The quantitative estimate of drug-likeness (QED) is 0.235. The molecule has 1 saturated heterocycles. The number of piperazine rings is 1. The van der Waals surface area contributed by atoms with Gasteiger partial charge in [-0.05, 0) is 52.2 Å². The first kappa shape index (κ1) is 28.4. The van der Waals surface area contributed by atoms with Gasteiger partial charge < -0.3 is 20.4 Å². The minimum absolute atomic E-state index is 0. The molecule has 182 valence electrons. The molecule has 1 aliphatic heterocycles. The van der Waals surface area contributed by atoms with Crippen LogP contribution in [0, 0.1) is 5.92 Å². The van der Waals surface area contributed by atoms with Gasteiger partial charge in [-0.2, -0.15) is 0 Å². The Balaban J connectivity index is 0.00000480. The van der Waals surface area contributed by atoms with Crippen molar-refractivity contribution in [2.45, 2.75) is 65.3 Å². The smallest absolute Gasteiger partial charge is 0.225 e. The zero-order valence-electron chi connectivity index (χ0n) is 20.4. The van der Waals surface area contributed by atoms with E-state index in [0.29, 0.717) is 17.9 Å². The van der Waals surface area contributed by atoms with E-state index in [4.69, 9.17) is 0 Å². The van der Waals surface area contributed by atoms with Gasteiger partial charge in [-0.15, -0.1) is 24.0 Å². The zero-order chi connectivity index (χ0) is 21.8. The number of guanidine groups is 1. The first-order chi connectivity index (χ1) is 14.6. The Hall–Kier alpha value is -0.610. The van der Waals surface area contributed by atoms with Gasteiger partial charge in [0, 0.05) is 58.3 Å². The molecule has 1 saturated carbocycles. The molecule has 0 aromatic heterocycles. The van der Waals surface area contributed by atoms with Crippen LogP contribution >= 0.6 is 24.0 Å². The van der Waals surface area contributed by atoms with Crippen molar-refractivity contribution < 1.29 is 4.79 Å².